The summed E-state index contributed by atoms with van der Waals surface area (Å²) in [4.78, 5) is 11.0. The van der Waals surface area contributed by atoms with Crippen LogP contribution in [-0.2, 0) is 0 Å². The van der Waals surface area contributed by atoms with Crippen LogP contribution in [0.25, 0.3) is 11.9 Å². The molecule has 0 unspecified atom stereocenters. The number of aromatic carboxylic acids is 1. The second-order valence-corrected chi connectivity index (χ2v) is 3.75. The van der Waals surface area contributed by atoms with Gasteiger partial charge >= 0.3 is 5.97 Å². The Morgan fingerprint density at radius 3 is 2.11 bits per heavy atom. The number of hydrogen-bond acceptors (Lipinski definition) is 1. The number of hydrogen-bond donors (Lipinski definition) is 1. The number of benzene rings is 2. The summed E-state index contributed by atoms with van der Waals surface area (Å²) in [7, 11) is 0. The molecular formula is C15H11FO2. The first-order chi connectivity index (χ1) is 8.68. The van der Waals surface area contributed by atoms with Crippen molar-refractivity contribution in [3.05, 3.63) is 71.3 Å². The van der Waals surface area contributed by atoms with Gasteiger partial charge in [-0.1, -0.05) is 48.5 Å². The van der Waals surface area contributed by atoms with Crippen molar-refractivity contribution in [2.75, 3.05) is 0 Å². The van der Waals surface area contributed by atoms with Crippen LogP contribution in [0.1, 0.15) is 21.5 Å². The summed E-state index contributed by atoms with van der Waals surface area (Å²) in [5, 5.41) is 8.99. The monoisotopic (exact) mass is 242 g/mol. The quantitative estimate of drug-likeness (QED) is 0.830. The number of carboxylic acid groups (broad SMARTS) is 1. The number of halogens is 1. The highest BCUT2D eigenvalue weighted by atomic mass is 19.1. The third-order valence-electron chi connectivity index (χ3n) is 2.51. The van der Waals surface area contributed by atoms with Crippen molar-refractivity contribution >= 4 is 17.9 Å². The second-order valence-electron chi connectivity index (χ2n) is 3.75. The minimum atomic E-state index is -1.14. The van der Waals surface area contributed by atoms with Gasteiger partial charge in [-0.25, -0.2) is 9.18 Å². The molecule has 2 rings (SSSR count). The molecule has 0 saturated heterocycles. The Labute approximate surface area is 104 Å². The summed E-state index contributed by atoms with van der Waals surface area (Å²) in [6, 6.07) is 15.0. The van der Waals surface area contributed by atoms with E-state index in [0.29, 0.717) is 5.56 Å². The van der Waals surface area contributed by atoms with Crippen LogP contribution in [0.15, 0.2) is 54.6 Å². The summed E-state index contributed by atoms with van der Waals surface area (Å²) in [6.07, 6.45) is 1.32. The molecule has 0 saturated carbocycles. The van der Waals surface area contributed by atoms with E-state index in [1.54, 1.807) is 36.4 Å². The summed E-state index contributed by atoms with van der Waals surface area (Å²) in [6.45, 7) is 0. The third kappa shape index (κ3) is 2.63. The molecule has 0 atom stereocenters. The normalized spacial score (nSPS) is 11.3. The molecule has 0 aliphatic carbocycles. The first kappa shape index (κ1) is 12.0. The third-order valence-corrected chi connectivity index (χ3v) is 2.51. The summed E-state index contributed by atoms with van der Waals surface area (Å²) < 4.78 is 14.0. The Morgan fingerprint density at radius 2 is 1.50 bits per heavy atom. The minimum Gasteiger partial charge on any atom is -0.478 e. The summed E-state index contributed by atoms with van der Waals surface area (Å²) >= 11 is 0. The molecule has 2 aromatic carbocycles. The van der Waals surface area contributed by atoms with Gasteiger partial charge in [-0.05, 0) is 17.7 Å². The zero-order chi connectivity index (χ0) is 13.0. The van der Waals surface area contributed by atoms with Crippen LogP contribution in [0.4, 0.5) is 4.39 Å². The van der Waals surface area contributed by atoms with Crippen molar-refractivity contribution in [1.29, 1.82) is 0 Å². The van der Waals surface area contributed by atoms with E-state index in [1.165, 1.54) is 18.2 Å². The Bertz CT molecular complexity index is 588. The molecule has 0 aliphatic heterocycles. The predicted molar refractivity (Wildman–Crippen MR) is 68.8 cm³/mol. The van der Waals surface area contributed by atoms with E-state index in [9.17, 15) is 9.18 Å². The molecule has 3 heteroatoms. The van der Waals surface area contributed by atoms with Gasteiger partial charge < -0.3 is 5.11 Å². The van der Waals surface area contributed by atoms with E-state index in [-0.39, 0.29) is 11.1 Å². The summed E-state index contributed by atoms with van der Waals surface area (Å²) in [5.74, 6) is -1.69. The van der Waals surface area contributed by atoms with Crippen LogP contribution >= 0.6 is 0 Å². The highest BCUT2D eigenvalue weighted by Gasteiger charge is 2.12. The molecule has 0 amide bonds. The van der Waals surface area contributed by atoms with Gasteiger partial charge in [0.25, 0.3) is 0 Å². The zero-order valence-electron chi connectivity index (χ0n) is 9.51. The van der Waals surface area contributed by atoms with E-state index in [2.05, 4.69) is 0 Å². The Morgan fingerprint density at radius 1 is 0.944 bits per heavy atom. The van der Waals surface area contributed by atoms with Crippen LogP contribution in [-0.4, -0.2) is 11.1 Å². The lowest BCUT2D eigenvalue weighted by Gasteiger charge is -2.03. The van der Waals surface area contributed by atoms with Crippen LogP contribution in [0.3, 0.4) is 0 Å². The van der Waals surface area contributed by atoms with Gasteiger partial charge in [0, 0.05) is 5.56 Å². The maximum absolute atomic E-state index is 14.0. The van der Waals surface area contributed by atoms with Gasteiger partial charge in [-0.3, -0.25) is 0 Å². The van der Waals surface area contributed by atoms with Gasteiger partial charge in [-0.15, -0.1) is 0 Å². The lowest BCUT2D eigenvalue weighted by molar-refractivity contribution is 0.0696. The van der Waals surface area contributed by atoms with Crippen LogP contribution in [0.2, 0.25) is 0 Å². The molecule has 0 radical (unpaired) electrons. The van der Waals surface area contributed by atoms with E-state index in [4.69, 9.17) is 5.11 Å². The van der Waals surface area contributed by atoms with Crippen molar-refractivity contribution in [2.24, 2.45) is 0 Å². The minimum absolute atomic E-state index is 0.0396. The molecular weight excluding hydrogens is 231 g/mol. The standard InChI is InChI=1S/C15H11FO2/c16-14(10-11-6-2-1-3-7-11)12-8-4-5-9-13(12)15(17)18/h1-10H,(H,17,18). The molecule has 0 heterocycles. The maximum atomic E-state index is 14.0. The number of carboxylic acids is 1. The average Bonchev–Trinajstić information content (AvgIpc) is 2.40. The van der Waals surface area contributed by atoms with Gasteiger partial charge in [0.2, 0.25) is 0 Å². The topological polar surface area (TPSA) is 37.3 Å². The van der Waals surface area contributed by atoms with E-state index in [1.807, 2.05) is 6.07 Å². The SMILES string of the molecule is O=C(O)c1ccccc1C(F)=Cc1ccccc1. The van der Waals surface area contributed by atoms with Gasteiger partial charge in [0.15, 0.2) is 0 Å². The molecule has 0 aliphatic rings. The van der Waals surface area contributed by atoms with Crippen LogP contribution < -0.4 is 0 Å². The summed E-state index contributed by atoms with van der Waals surface area (Å²) in [5.41, 5.74) is 0.742. The fourth-order valence-electron chi connectivity index (χ4n) is 1.65. The lowest BCUT2D eigenvalue weighted by Crippen LogP contribution is -2.00. The zero-order valence-corrected chi connectivity index (χ0v) is 9.51. The first-order valence-corrected chi connectivity index (χ1v) is 5.43. The lowest BCUT2D eigenvalue weighted by atomic mass is 10.0. The molecule has 0 spiro atoms. The van der Waals surface area contributed by atoms with Crippen molar-refractivity contribution < 1.29 is 14.3 Å². The Balaban J connectivity index is 2.43. The molecule has 2 aromatic rings. The molecule has 18 heavy (non-hydrogen) atoms. The van der Waals surface area contributed by atoms with Crippen molar-refractivity contribution in [2.45, 2.75) is 0 Å². The van der Waals surface area contributed by atoms with Gasteiger partial charge in [0.05, 0.1) is 5.56 Å². The smallest absolute Gasteiger partial charge is 0.336 e. The van der Waals surface area contributed by atoms with Gasteiger partial charge in [-0.2, -0.15) is 0 Å². The van der Waals surface area contributed by atoms with Crippen molar-refractivity contribution in [3.8, 4) is 0 Å². The number of rotatable bonds is 3. The van der Waals surface area contributed by atoms with Gasteiger partial charge in [0.1, 0.15) is 5.83 Å². The molecule has 90 valence electrons. The fraction of sp³-hybridized carbons (Fsp3) is 0. The van der Waals surface area contributed by atoms with Crippen LogP contribution in [0, 0.1) is 0 Å². The van der Waals surface area contributed by atoms with E-state index < -0.39 is 11.8 Å². The fourth-order valence-corrected chi connectivity index (χ4v) is 1.65. The Kier molecular flexibility index (Phi) is 3.53. The number of carbonyl (C=O) groups is 1. The second kappa shape index (κ2) is 5.27. The van der Waals surface area contributed by atoms with Crippen molar-refractivity contribution in [3.63, 3.8) is 0 Å². The highest BCUT2D eigenvalue weighted by molar-refractivity contribution is 5.95. The molecule has 1 N–H and O–H groups in total. The first-order valence-electron chi connectivity index (χ1n) is 5.43. The average molecular weight is 242 g/mol. The largest absolute Gasteiger partial charge is 0.478 e. The maximum Gasteiger partial charge on any atom is 0.336 e. The predicted octanol–water partition coefficient (Wildman–Crippen LogP) is 3.85. The Hall–Kier alpha value is -2.42. The van der Waals surface area contributed by atoms with E-state index >= 15 is 0 Å². The molecule has 0 fully saturated rings. The molecule has 0 aromatic heterocycles. The molecule has 2 nitrogen and oxygen atoms in total. The molecule has 0 bridgehead atoms. The highest BCUT2D eigenvalue weighted by Crippen LogP contribution is 2.23. The van der Waals surface area contributed by atoms with Crippen molar-refractivity contribution in [1.82, 2.24) is 0 Å². The van der Waals surface area contributed by atoms with E-state index in [0.717, 1.165) is 0 Å². The van der Waals surface area contributed by atoms with Crippen LogP contribution in [0.5, 0.6) is 0 Å².